The second-order valence-corrected chi connectivity index (χ2v) is 8.17. The van der Waals surface area contributed by atoms with Crippen LogP contribution in [0.2, 0.25) is 0 Å². The number of phenolic OH excluding ortho intramolecular Hbond substituents is 1. The number of carbonyl (C=O) groups is 2. The molecule has 1 atom stereocenters. The molecule has 1 heterocycles. The first-order chi connectivity index (χ1) is 12.7. The Morgan fingerprint density at radius 1 is 1.15 bits per heavy atom. The summed E-state index contributed by atoms with van der Waals surface area (Å²) in [6, 6.07) is 9.37. The van der Waals surface area contributed by atoms with Gasteiger partial charge in [0, 0.05) is 5.56 Å². The molecule has 0 unspecified atom stereocenters. The Balaban J connectivity index is 1.84. The summed E-state index contributed by atoms with van der Waals surface area (Å²) >= 11 is 0. The van der Waals surface area contributed by atoms with E-state index in [2.05, 4.69) is 10.6 Å². The number of hydrogen-bond acceptors (Lipinski definition) is 6. The summed E-state index contributed by atoms with van der Waals surface area (Å²) in [5.41, 5.74) is 1.09. The van der Waals surface area contributed by atoms with Gasteiger partial charge in [0.05, 0.1) is 11.4 Å². The van der Waals surface area contributed by atoms with Crippen molar-refractivity contribution in [2.75, 3.05) is 10.6 Å². The lowest BCUT2D eigenvalue weighted by Crippen LogP contribution is -2.42. The summed E-state index contributed by atoms with van der Waals surface area (Å²) in [6.45, 7) is 3.82. The van der Waals surface area contributed by atoms with Gasteiger partial charge in [0.25, 0.3) is 15.9 Å². The summed E-state index contributed by atoms with van der Waals surface area (Å²) in [4.78, 5) is 24.1. The molecule has 8 nitrogen and oxygen atoms in total. The summed E-state index contributed by atoms with van der Waals surface area (Å²) in [6.07, 6.45) is 0. The normalized spacial score (nSPS) is 16.3. The van der Waals surface area contributed by atoms with Gasteiger partial charge in [-0.15, -0.1) is 0 Å². The number of fused-ring (bicyclic) bond motifs is 1. The second kappa shape index (κ2) is 6.92. The van der Waals surface area contributed by atoms with Gasteiger partial charge in [0.2, 0.25) is 5.91 Å². The van der Waals surface area contributed by atoms with E-state index in [0.29, 0.717) is 11.4 Å². The number of sulfonamides is 1. The molecule has 2 aromatic rings. The van der Waals surface area contributed by atoms with E-state index in [1.807, 2.05) is 18.6 Å². The van der Waals surface area contributed by atoms with Crippen molar-refractivity contribution in [2.24, 2.45) is 5.92 Å². The lowest BCUT2D eigenvalue weighted by Gasteiger charge is -2.29. The van der Waals surface area contributed by atoms with Crippen LogP contribution in [-0.4, -0.2) is 31.4 Å². The van der Waals surface area contributed by atoms with Gasteiger partial charge in [-0.1, -0.05) is 26.0 Å². The molecule has 0 aromatic heterocycles. The van der Waals surface area contributed by atoms with Gasteiger partial charge < -0.3 is 15.7 Å². The van der Waals surface area contributed by atoms with Crippen molar-refractivity contribution in [1.29, 1.82) is 0 Å². The van der Waals surface area contributed by atoms with Crippen molar-refractivity contribution in [2.45, 2.75) is 24.8 Å². The van der Waals surface area contributed by atoms with E-state index in [-0.39, 0.29) is 17.4 Å². The molecular weight excluding hydrogens is 370 g/mol. The number of anilines is 2. The van der Waals surface area contributed by atoms with Crippen molar-refractivity contribution in [3.63, 3.8) is 0 Å². The molecule has 142 valence electrons. The topological polar surface area (TPSA) is 125 Å². The Morgan fingerprint density at radius 3 is 2.52 bits per heavy atom. The SMILES string of the molecule is CC(C)[C@@H]1Nc2ccc(C(=O)NS(=O)(=O)c3ccccc3O)cc2NC1=O. The Bertz CT molecular complexity index is 1020. The van der Waals surface area contributed by atoms with E-state index in [0.717, 1.165) is 0 Å². The lowest BCUT2D eigenvalue weighted by atomic mass is 10.00. The van der Waals surface area contributed by atoms with Crippen LogP contribution in [-0.2, 0) is 14.8 Å². The molecule has 2 aromatic carbocycles. The van der Waals surface area contributed by atoms with Crippen molar-refractivity contribution in [3.8, 4) is 5.75 Å². The molecule has 3 rings (SSSR count). The smallest absolute Gasteiger partial charge is 0.267 e. The maximum atomic E-state index is 12.4. The maximum absolute atomic E-state index is 12.4. The molecule has 1 aliphatic rings. The van der Waals surface area contributed by atoms with Gasteiger partial charge in [-0.25, -0.2) is 13.1 Å². The predicted molar refractivity (Wildman–Crippen MR) is 100 cm³/mol. The number of amides is 2. The molecule has 9 heteroatoms. The molecule has 0 radical (unpaired) electrons. The van der Waals surface area contributed by atoms with Crippen molar-refractivity contribution in [1.82, 2.24) is 4.72 Å². The van der Waals surface area contributed by atoms with E-state index < -0.39 is 32.6 Å². The second-order valence-electron chi connectivity index (χ2n) is 6.52. The van der Waals surface area contributed by atoms with E-state index in [9.17, 15) is 23.1 Å². The molecule has 4 N–H and O–H groups in total. The first-order valence-corrected chi connectivity index (χ1v) is 9.74. The third kappa shape index (κ3) is 3.72. The minimum atomic E-state index is -4.24. The fourth-order valence-corrected chi connectivity index (χ4v) is 3.82. The van der Waals surface area contributed by atoms with Crippen LogP contribution in [0.1, 0.15) is 24.2 Å². The number of carbonyl (C=O) groups excluding carboxylic acids is 2. The van der Waals surface area contributed by atoms with Gasteiger partial charge in [0.1, 0.15) is 16.7 Å². The quantitative estimate of drug-likeness (QED) is 0.633. The Kier molecular flexibility index (Phi) is 4.79. The summed E-state index contributed by atoms with van der Waals surface area (Å²) in [5.74, 6) is -1.48. The van der Waals surface area contributed by atoms with Crippen molar-refractivity contribution < 1.29 is 23.1 Å². The molecule has 2 amide bonds. The van der Waals surface area contributed by atoms with Gasteiger partial charge in [-0.2, -0.15) is 0 Å². The third-order valence-corrected chi connectivity index (χ3v) is 5.56. The standard InChI is InChI=1S/C18H19N3O5S/c1-10(2)16-18(24)20-13-9-11(7-8-12(13)19-16)17(23)21-27(25,26)15-6-4-3-5-14(15)22/h3-10,16,19,22H,1-2H3,(H,20,24)(H,21,23)/t16-/m0/s1. The number of rotatable bonds is 4. The zero-order chi connectivity index (χ0) is 19.8. The van der Waals surface area contributed by atoms with E-state index >= 15 is 0 Å². The highest BCUT2D eigenvalue weighted by Crippen LogP contribution is 2.30. The van der Waals surface area contributed by atoms with Crippen LogP contribution in [0.15, 0.2) is 47.4 Å². The minimum Gasteiger partial charge on any atom is -0.507 e. The highest BCUT2D eigenvalue weighted by atomic mass is 32.2. The molecule has 27 heavy (non-hydrogen) atoms. The van der Waals surface area contributed by atoms with Crippen LogP contribution in [0.25, 0.3) is 0 Å². The largest absolute Gasteiger partial charge is 0.507 e. The number of hydrogen-bond donors (Lipinski definition) is 4. The van der Waals surface area contributed by atoms with Crippen LogP contribution in [0.3, 0.4) is 0 Å². The van der Waals surface area contributed by atoms with E-state index in [4.69, 9.17) is 0 Å². The summed E-state index contributed by atoms with van der Waals surface area (Å²) in [7, 11) is -4.24. The molecule has 0 bridgehead atoms. The molecular formula is C18H19N3O5S. The van der Waals surface area contributed by atoms with Gasteiger partial charge in [-0.05, 0) is 36.2 Å². The predicted octanol–water partition coefficient (Wildman–Crippen LogP) is 1.90. The Labute approximate surface area is 156 Å². The van der Waals surface area contributed by atoms with Crippen LogP contribution in [0, 0.1) is 5.92 Å². The van der Waals surface area contributed by atoms with E-state index in [1.54, 1.807) is 6.07 Å². The number of nitrogens with one attached hydrogen (secondary N) is 3. The average Bonchev–Trinajstić information content (AvgIpc) is 2.60. The first kappa shape index (κ1) is 18.7. The molecule has 0 saturated carbocycles. The summed E-state index contributed by atoms with van der Waals surface area (Å²) < 4.78 is 26.6. The minimum absolute atomic E-state index is 0.0536. The van der Waals surface area contributed by atoms with Crippen LogP contribution < -0.4 is 15.4 Å². The van der Waals surface area contributed by atoms with Crippen molar-refractivity contribution >= 4 is 33.2 Å². The fraction of sp³-hybridized carbons (Fsp3) is 0.222. The third-order valence-electron chi connectivity index (χ3n) is 4.18. The van der Waals surface area contributed by atoms with Gasteiger partial charge >= 0.3 is 0 Å². The Morgan fingerprint density at radius 2 is 1.85 bits per heavy atom. The van der Waals surface area contributed by atoms with Crippen LogP contribution in [0.5, 0.6) is 5.75 Å². The fourth-order valence-electron chi connectivity index (χ4n) is 2.75. The van der Waals surface area contributed by atoms with Gasteiger partial charge in [-0.3, -0.25) is 9.59 Å². The van der Waals surface area contributed by atoms with Crippen molar-refractivity contribution in [3.05, 3.63) is 48.0 Å². The monoisotopic (exact) mass is 389 g/mol. The number of benzene rings is 2. The molecule has 0 spiro atoms. The first-order valence-electron chi connectivity index (χ1n) is 8.25. The van der Waals surface area contributed by atoms with Crippen LogP contribution >= 0.6 is 0 Å². The zero-order valence-corrected chi connectivity index (χ0v) is 15.5. The number of aromatic hydroxyl groups is 1. The molecule has 0 saturated heterocycles. The zero-order valence-electron chi connectivity index (χ0n) is 14.7. The highest BCUT2D eigenvalue weighted by Gasteiger charge is 2.29. The van der Waals surface area contributed by atoms with E-state index in [1.165, 1.54) is 36.4 Å². The molecule has 0 aliphatic carbocycles. The summed E-state index contributed by atoms with van der Waals surface area (Å²) in [5, 5.41) is 15.5. The average molecular weight is 389 g/mol. The lowest BCUT2D eigenvalue weighted by molar-refractivity contribution is -0.117. The number of phenols is 1. The molecule has 0 fully saturated rings. The molecule has 1 aliphatic heterocycles. The Hall–Kier alpha value is -3.07. The number of para-hydroxylation sites is 1. The van der Waals surface area contributed by atoms with Gasteiger partial charge in [0.15, 0.2) is 0 Å². The maximum Gasteiger partial charge on any atom is 0.267 e. The highest BCUT2D eigenvalue weighted by molar-refractivity contribution is 7.90. The van der Waals surface area contributed by atoms with Crippen LogP contribution in [0.4, 0.5) is 11.4 Å².